The number of hydrogen-bond acceptors (Lipinski definition) is 6. The Hall–Kier alpha value is -3.62. The molecule has 0 N–H and O–H groups in total. The van der Waals surface area contributed by atoms with Crippen molar-refractivity contribution in [3.05, 3.63) is 71.7 Å². The summed E-state index contributed by atoms with van der Waals surface area (Å²) in [4.78, 5) is 19.6. The Morgan fingerprint density at radius 1 is 1.08 bits per heavy atom. The van der Waals surface area contributed by atoms with Crippen LogP contribution in [0.15, 0.2) is 55.0 Å². The monoisotopic (exact) mass is 516 g/mol. The van der Waals surface area contributed by atoms with Gasteiger partial charge in [0.2, 0.25) is 5.88 Å². The molecule has 0 aliphatic heterocycles. The minimum absolute atomic E-state index is 0.104. The van der Waals surface area contributed by atoms with Gasteiger partial charge in [0.05, 0.1) is 18.8 Å². The second-order valence-electron chi connectivity index (χ2n) is 8.47. The number of pyridine rings is 2. The zero-order chi connectivity index (χ0) is 26.8. The van der Waals surface area contributed by atoms with Gasteiger partial charge in [-0.15, -0.1) is 0 Å². The number of esters is 1. The lowest BCUT2D eigenvalue weighted by Crippen LogP contribution is -2.17. The molecule has 2 aromatic heterocycles. The fraction of sp³-hybridized carbons (Fsp3) is 0.393. The highest BCUT2D eigenvalue weighted by atomic mass is 19.4. The van der Waals surface area contributed by atoms with Crippen molar-refractivity contribution in [2.75, 3.05) is 13.2 Å². The van der Waals surface area contributed by atoms with Gasteiger partial charge in [-0.2, -0.15) is 13.2 Å². The van der Waals surface area contributed by atoms with Crippen LogP contribution in [-0.2, 0) is 28.5 Å². The Morgan fingerprint density at radius 2 is 1.89 bits per heavy atom. The molecule has 0 amide bonds. The van der Waals surface area contributed by atoms with Gasteiger partial charge in [-0.05, 0) is 62.1 Å². The molecule has 0 unspecified atom stereocenters. The van der Waals surface area contributed by atoms with Crippen molar-refractivity contribution in [1.29, 1.82) is 0 Å². The van der Waals surface area contributed by atoms with Crippen molar-refractivity contribution in [3.8, 4) is 22.8 Å². The highest BCUT2D eigenvalue weighted by Gasteiger charge is 2.32. The molecule has 9 heteroatoms. The lowest BCUT2D eigenvalue weighted by atomic mass is 10.0. The van der Waals surface area contributed by atoms with Gasteiger partial charge < -0.3 is 14.2 Å². The molecule has 0 aliphatic rings. The standard InChI is InChI=1S/C28H31F3N2O4/c1-4-20-15-24(10-8-21(20)9-11-26(34)35-5-2)36-14-12-19(3)37-27-25(22-7-6-13-32-17-22)16-23(18-33-27)28(29,30)31/h6-8,10,13,15-19H,4-5,9,11-12,14H2,1-3H3/t19-/m0/s1. The summed E-state index contributed by atoms with van der Waals surface area (Å²) in [7, 11) is 0. The Labute approximate surface area is 214 Å². The smallest absolute Gasteiger partial charge is 0.417 e. The highest BCUT2D eigenvalue weighted by molar-refractivity contribution is 5.70. The van der Waals surface area contributed by atoms with E-state index in [4.69, 9.17) is 14.2 Å². The van der Waals surface area contributed by atoms with Crippen LogP contribution in [0.2, 0.25) is 0 Å². The maximum atomic E-state index is 13.3. The zero-order valence-corrected chi connectivity index (χ0v) is 21.2. The van der Waals surface area contributed by atoms with E-state index in [0.29, 0.717) is 43.8 Å². The molecule has 3 rings (SSSR count). The topological polar surface area (TPSA) is 70.5 Å². The number of ether oxygens (including phenoxy) is 3. The van der Waals surface area contributed by atoms with Crippen LogP contribution in [0.5, 0.6) is 11.6 Å². The van der Waals surface area contributed by atoms with Crippen molar-refractivity contribution >= 4 is 5.97 Å². The Morgan fingerprint density at radius 3 is 2.57 bits per heavy atom. The summed E-state index contributed by atoms with van der Waals surface area (Å²) in [6.45, 7) is 6.35. The van der Waals surface area contributed by atoms with E-state index in [1.165, 1.54) is 6.20 Å². The lowest BCUT2D eigenvalue weighted by Gasteiger charge is -2.18. The van der Waals surface area contributed by atoms with E-state index in [9.17, 15) is 18.0 Å². The van der Waals surface area contributed by atoms with E-state index in [1.54, 1.807) is 25.3 Å². The number of nitrogens with zero attached hydrogens (tertiary/aromatic N) is 2. The summed E-state index contributed by atoms with van der Waals surface area (Å²) in [5.74, 6) is 0.591. The predicted octanol–water partition coefficient (Wildman–Crippen LogP) is 6.46. The molecule has 1 aromatic carbocycles. The third-order valence-electron chi connectivity index (χ3n) is 5.72. The van der Waals surface area contributed by atoms with Gasteiger partial charge in [0.15, 0.2) is 0 Å². The number of aryl methyl sites for hydroxylation is 2. The summed E-state index contributed by atoms with van der Waals surface area (Å²) in [6.07, 6.45) is 1.12. The van der Waals surface area contributed by atoms with Crippen LogP contribution in [0.25, 0.3) is 11.1 Å². The molecule has 0 radical (unpaired) electrons. The van der Waals surface area contributed by atoms with Crippen molar-refractivity contribution in [1.82, 2.24) is 9.97 Å². The highest BCUT2D eigenvalue weighted by Crippen LogP contribution is 2.36. The summed E-state index contributed by atoms with van der Waals surface area (Å²) < 4.78 is 56.6. The average Bonchev–Trinajstić information content (AvgIpc) is 2.88. The van der Waals surface area contributed by atoms with Crippen LogP contribution in [-0.4, -0.2) is 35.3 Å². The second kappa shape index (κ2) is 13.1. The minimum atomic E-state index is -4.52. The maximum Gasteiger partial charge on any atom is 0.417 e. The first-order valence-electron chi connectivity index (χ1n) is 12.3. The van der Waals surface area contributed by atoms with Crippen LogP contribution < -0.4 is 9.47 Å². The summed E-state index contributed by atoms with van der Waals surface area (Å²) in [6, 6.07) is 10.1. The van der Waals surface area contributed by atoms with Gasteiger partial charge in [-0.25, -0.2) is 4.98 Å². The molecule has 0 bridgehead atoms. The fourth-order valence-corrected chi connectivity index (χ4v) is 3.76. The number of benzene rings is 1. The van der Waals surface area contributed by atoms with Gasteiger partial charge in [0.25, 0.3) is 0 Å². The number of aromatic nitrogens is 2. The van der Waals surface area contributed by atoms with Crippen LogP contribution in [0.1, 0.15) is 50.3 Å². The van der Waals surface area contributed by atoms with E-state index >= 15 is 0 Å². The van der Waals surface area contributed by atoms with Crippen LogP contribution in [0.4, 0.5) is 13.2 Å². The van der Waals surface area contributed by atoms with E-state index in [1.807, 2.05) is 32.0 Å². The normalized spacial score (nSPS) is 12.2. The van der Waals surface area contributed by atoms with E-state index in [-0.39, 0.29) is 23.5 Å². The van der Waals surface area contributed by atoms with Crippen molar-refractivity contribution in [3.63, 3.8) is 0 Å². The molecule has 0 saturated heterocycles. The number of halogens is 3. The molecule has 6 nitrogen and oxygen atoms in total. The van der Waals surface area contributed by atoms with Gasteiger partial charge in [-0.3, -0.25) is 9.78 Å². The van der Waals surface area contributed by atoms with Crippen LogP contribution in [0, 0.1) is 0 Å². The number of rotatable bonds is 12. The van der Waals surface area contributed by atoms with Crippen LogP contribution >= 0.6 is 0 Å². The predicted molar refractivity (Wildman–Crippen MR) is 133 cm³/mol. The Balaban J connectivity index is 1.61. The van der Waals surface area contributed by atoms with Gasteiger partial charge in [0, 0.05) is 42.6 Å². The Bertz CT molecular complexity index is 1170. The SMILES string of the molecule is CCOC(=O)CCc1ccc(OCC[C@H](C)Oc2ncc(C(F)(F)F)cc2-c2cccnc2)cc1CC. The number of carbonyl (C=O) groups is 1. The Kier molecular flexibility index (Phi) is 9.88. The number of alkyl halides is 3. The third-order valence-corrected chi connectivity index (χ3v) is 5.72. The van der Waals surface area contributed by atoms with Crippen LogP contribution in [0.3, 0.4) is 0 Å². The first-order chi connectivity index (χ1) is 17.7. The summed E-state index contributed by atoms with van der Waals surface area (Å²) in [5.41, 5.74) is 2.03. The summed E-state index contributed by atoms with van der Waals surface area (Å²) in [5, 5.41) is 0. The van der Waals surface area contributed by atoms with E-state index < -0.39 is 11.7 Å². The molecule has 0 aliphatic carbocycles. The van der Waals surface area contributed by atoms with E-state index in [2.05, 4.69) is 9.97 Å². The molecule has 198 valence electrons. The van der Waals surface area contributed by atoms with E-state index in [0.717, 1.165) is 29.8 Å². The summed E-state index contributed by atoms with van der Waals surface area (Å²) >= 11 is 0. The third kappa shape index (κ3) is 8.20. The second-order valence-corrected chi connectivity index (χ2v) is 8.47. The molecule has 3 aromatic rings. The maximum absolute atomic E-state index is 13.3. The lowest BCUT2D eigenvalue weighted by molar-refractivity contribution is -0.143. The first kappa shape index (κ1) is 28.0. The van der Waals surface area contributed by atoms with Crippen molar-refractivity contribution < 1.29 is 32.2 Å². The molecule has 1 atom stereocenters. The molecule has 37 heavy (non-hydrogen) atoms. The minimum Gasteiger partial charge on any atom is -0.493 e. The molecule has 2 heterocycles. The molecule has 0 saturated carbocycles. The largest absolute Gasteiger partial charge is 0.493 e. The average molecular weight is 517 g/mol. The quantitative estimate of drug-likeness (QED) is 0.258. The van der Waals surface area contributed by atoms with Crippen molar-refractivity contribution in [2.45, 2.75) is 58.7 Å². The van der Waals surface area contributed by atoms with Gasteiger partial charge >= 0.3 is 12.1 Å². The fourth-order valence-electron chi connectivity index (χ4n) is 3.76. The van der Waals surface area contributed by atoms with Gasteiger partial charge in [0.1, 0.15) is 11.9 Å². The zero-order valence-electron chi connectivity index (χ0n) is 21.2. The number of hydrogen-bond donors (Lipinski definition) is 0. The molecular formula is C28H31F3N2O4. The first-order valence-corrected chi connectivity index (χ1v) is 12.3. The number of carbonyl (C=O) groups excluding carboxylic acids is 1. The van der Waals surface area contributed by atoms with Crippen molar-refractivity contribution in [2.24, 2.45) is 0 Å². The van der Waals surface area contributed by atoms with Gasteiger partial charge in [-0.1, -0.05) is 19.1 Å². The molecule has 0 spiro atoms. The molecular weight excluding hydrogens is 485 g/mol. The molecule has 0 fully saturated rings.